The summed E-state index contributed by atoms with van der Waals surface area (Å²) < 4.78 is 20.8. The molecular weight excluding hydrogens is 354 g/mol. The molecule has 1 aliphatic heterocycles. The van der Waals surface area contributed by atoms with Crippen molar-refractivity contribution in [3.8, 4) is 11.5 Å². The Morgan fingerprint density at radius 1 is 1.15 bits per heavy atom. The molecule has 1 atom stereocenters. The lowest BCUT2D eigenvalue weighted by atomic mass is 9.86. The average molecular weight is 377 g/mol. The van der Waals surface area contributed by atoms with E-state index in [-0.39, 0.29) is 28.3 Å². The van der Waals surface area contributed by atoms with Crippen molar-refractivity contribution in [2.75, 3.05) is 21.3 Å². The van der Waals surface area contributed by atoms with Crippen molar-refractivity contribution in [1.82, 2.24) is 5.32 Å². The minimum atomic E-state index is -1.15. The molecule has 27 heavy (non-hydrogen) atoms. The SMILES string of the molecule is COC(=O)C1=C(NC(C)(C)C)Oc2c(C=O)cc(OC)cc2C1C(=O)OC. The van der Waals surface area contributed by atoms with E-state index in [0.717, 1.165) is 0 Å². The van der Waals surface area contributed by atoms with Crippen LogP contribution in [0.5, 0.6) is 11.5 Å². The Labute approximate surface area is 157 Å². The number of rotatable bonds is 5. The third-order valence-corrected chi connectivity index (χ3v) is 3.86. The van der Waals surface area contributed by atoms with Crippen molar-refractivity contribution in [1.29, 1.82) is 0 Å². The Kier molecular flexibility index (Phi) is 5.78. The van der Waals surface area contributed by atoms with Crippen LogP contribution < -0.4 is 14.8 Å². The summed E-state index contributed by atoms with van der Waals surface area (Å²) in [7, 11) is 3.84. The van der Waals surface area contributed by atoms with Crippen LogP contribution in [0.3, 0.4) is 0 Å². The third-order valence-electron chi connectivity index (χ3n) is 3.86. The predicted octanol–water partition coefficient (Wildman–Crippen LogP) is 1.93. The lowest BCUT2D eigenvalue weighted by Gasteiger charge is -2.32. The van der Waals surface area contributed by atoms with E-state index >= 15 is 0 Å². The maximum absolute atomic E-state index is 12.6. The molecule has 1 aromatic carbocycles. The molecule has 0 aromatic heterocycles. The zero-order chi connectivity index (χ0) is 20.4. The first-order chi connectivity index (χ1) is 12.7. The van der Waals surface area contributed by atoms with Gasteiger partial charge >= 0.3 is 11.9 Å². The van der Waals surface area contributed by atoms with Gasteiger partial charge in [0.05, 0.1) is 26.9 Å². The van der Waals surface area contributed by atoms with Gasteiger partial charge in [-0.05, 0) is 32.9 Å². The summed E-state index contributed by atoms with van der Waals surface area (Å²) in [6.45, 7) is 5.57. The van der Waals surface area contributed by atoms with Gasteiger partial charge in [0.25, 0.3) is 0 Å². The summed E-state index contributed by atoms with van der Waals surface area (Å²) in [5.41, 5.74) is -0.0870. The molecule has 0 amide bonds. The smallest absolute Gasteiger partial charge is 0.340 e. The van der Waals surface area contributed by atoms with Gasteiger partial charge in [-0.3, -0.25) is 9.59 Å². The van der Waals surface area contributed by atoms with Crippen molar-refractivity contribution < 1.29 is 33.3 Å². The van der Waals surface area contributed by atoms with Crippen LogP contribution in [0.25, 0.3) is 0 Å². The summed E-state index contributed by atoms with van der Waals surface area (Å²) >= 11 is 0. The van der Waals surface area contributed by atoms with Gasteiger partial charge < -0.3 is 24.3 Å². The lowest BCUT2D eigenvalue weighted by Crippen LogP contribution is -2.41. The molecule has 1 aromatic rings. The molecule has 0 bridgehead atoms. The molecule has 0 saturated carbocycles. The molecule has 1 unspecified atom stereocenters. The summed E-state index contributed by atoms with van der Waals surface area (Å²) in [5.74, 6) is -2.07. The van der Waals surface area contributed by atoms with E-state index in [9.17, 15) is 14.4 Å². The van der Waals surface area contributed by atoms with Crippen LogP contribution in [0.4, 0.5) is 0 Å². The number of carbonyl (C=O) groups is 3. The molecule has 1 N–H and O–H groups in total. The lowest BCUT2D eigenvalue weighted by molar-refractivity contribution is -0.145. The largest absolute Gasteiger partial charge is 0.497 e. The van der Waals surface area contributed by atoms with E-state index < -0.39 is 23.4 Å². The zero-order valence-corrected chi connectivity index (χ0v) is 16.2. The second-order valence-corrected chi connectivity index (χ2v) is 6.92. The van der Waals surface area contributed by atoms with E-state index in [1.54, 1.807) is 0 Å². The number of fused-ring (bicyclic) bond motifs is 1. The maximum Gasteiger partial charge on any atom is 0.340 e. The molecule has 1 aliphatic rings. The van der Waals surface area contributed by atoms with Crippen LogP contribution in [0.2, 0.25) is 0 Å². The van der Waals surface area contributed by atoms with Crippen LogP contribution >= 0.6 is 0 Å². The zero-order valence-electron chi connectivity index (χ0n) is 16.2. The monoisotopic (exact) mass is 377 g/mol. The summed E-state index contributed by atoms with van der Waals surface area (Å²) in [6.07, 6.45) is 0.591. The van der Waals surface area contributed by atoms with Crippen LogP contribution in [-0.2, 0) is 19.1 Å². The highest BCUT2D eigenvalue weighted by Gasteiger charge is 2.42. The van der Waals surface area contributed by atoms with Crippen LogP contribution in [-0.4, -0.2) is 45.1 Å². The van der Waals surface area contributed by atoms with Crippen molar-refractivity contribution in [3.05, 3.63) is 34.7 Å². The number of carbonyl (C=O) groups excluding carboxylic acids is 3. The molecule has 0 radical (unpaired) electrons. The number of ether oxygens (including phenoxy) is 4. The second-order valence-electron chi connectivity index (χ2n) is 6.92. The minimum absolute atomic E-state index is 0.0329. The number of hydrogen-bond donors (Lipinski definition) is 1. The minimum Gasteiger partial charge on any atom is -0.497 e. The normalized spacial score (nSPS) is 16.0. The van der Waals surface area contributed by atoms with Gasteiger partial charge in [0.2, 0.25) is 5.88 Å². The van der Waals surface area contributed by atoms with Gasteiger partial charge in [0, 0.05) is 11.1 Å². The number of esters is 2. The topological polar surface area (TPSA) is 100 Å². The fraction of sp³-hybridized carbons (Fsp3) is 0.421. The Morgan fingerprint density at radius 2 is 1.81 bits per heavy atom. The standard InChI is InChI=1S/C19H23NO7/c1-19(2,3)20-16-14(18(23)26-6)13(17(22)25-5)12-8-11(24-4)7-10(9-21)15(12)27-16/h7-9,13,20H,1-6H3. The molecule has 0 aliphatic carbocycles. The van der Waals surface area contributed by atoms with Gasteiger partial charge in [0.15, 0.2) is 6.29 Å². The molecule has 146 valence electrons. The summed E-state index contributed by atoms with van der Waals surface area (Å²) in [4.78, 5) is 36.7. The van der Waals surface area contributed by atoms with Crippen molar-refractivity contribution in [2.45, 2.75) is 32.2 Å². The molecule has 0 fully saturated rings. The number of methoxy groups -OCH3 is 3. The van der Waals surface area contributed by atoms with Crippen LogP contribution in [0.1, 0.15) is 42.6 Å². The Balaban J connectivity index is 2.81. The van der Waals surface area contributed by atoms with Gasteiger partial charge in [-0.2, -0.15) is 0 Å². The van der Waals surface area contributed by atoms with E-state index in [0.29, 0.717) is 12.0 Å². The highest BCUT2D eigenvalue weighted by molar-refractivity contribution is 6.01. The molecule has 2 rings (SSSR count). The molecular formula is C19H23NO7. The van der Waals surface area contributed by atoms with E-state index in [1.165, 1.54) is 33.5 Å². The van der Waals surface area contributed by atoms with E-state index in [1.807, 2.05) is 20.8 Å². The summed E-state index contributed by atoms with van der Waals surface area (Å²) in [5, 5.41) is 3.05. The fourth-order valence-corrected chi connectivity index (χ4v) is 2.74. The molecule has 1 heterocycles. The predicted molar refractivity (Wildman–Crippen MR) is 95.7 cm³/mol. The number of aldehydes is 1. The van der Waals surface area contributed by atoms with E-state index in [2.05, 4.69) is 5.32 Å². The first-order valence-corrected chi connectivity index (χ1v) is 8.20. The first kappa shape index (κ1) is 20.3. The maximum atomic E-state index is 12.6. The number of benzene rings is 1. The first-order valence-electron chi connectivity index (χ1n) is 8.20. The fourth-order valence-electron chi connectivity index (χ4n) is 2.74. The Hall–Kier alpha value is -3.03. The molecule has 8 nitrogen and oxygen atoms in total. The second kappa shape index (κ2) is 7.69. The average Bonchev–Trinajstić information content (AvgIpc) is 2.63. The highest BCUT2D eigenvalue weighted by Crippen LogP contribution is 2.43. The van der Waals surface area contributed by atoms with E-state index in [4.69, 9.17) is 18.9 Å². The third kappa shape index (κ3) is 4.05. The molecule has 8 heteroatoms. The molecule has 0 spiro atoms. The van der Waals surface area contributed by atoms with Crippen LogP contribution in [0.15, 0.2) is 23.6 Å². The summed E-state index contributed by atoms with van der Waals surface area (Å²) in [6, 6.07) is 3.01. The van der Waals surface area contributed by atoms with Gasteiger partial charge in [0.1, 0.15) is 23.0 Å². The van der Waals surface area contributed by atoms with Gasteiger partial charge in [-0.15, -0.1) is 0 Å². The highest BCUT2D eigenvalue weighted by atomic mass is 16.5. The van der Waals surface area contributed by atoms with Crippen molar-refractivity contribution in [2.24, 2.45) is 0 Å². The Bertz CT molecular complexity index is 805. The number of hydrogen-bond acceptors (Lipinski definition) is 8. The Morgan fingerprint density at radius 3 is 2.30 bits per heavy atom. The van der Waals surface area contributed by atoms with Gasteiger partial charge in [-0.1, -0.05) is 0 Å². The van der Waals surface area contributed by atoms with Crippen molar-refractivity contribution in [3.63, 3.8) is 0 Å². The van der Waals surface area contributed by atoms with Gasteiger partial charge in [-0.25, -0.2) is 4.79 Å². The quantitative estimate of drug-likeness (QED) is 0.614. The van der Waals surface area contributed by atoms with Crippen LogP contribution in [0, 0.1) is 0 Å². The number of nitrogens with one attached hydrogen (secondary N) is 1. The molecule has 0 saturated heterocycles. The van der Waals surface area contributed by atoms with Crippen molar-refractivity contribution >= 4 is 18.2 Å².